The van der Waals surface area contributed by atoms with Crippen LogP contribution in [0.2, 0.25) is 0 Å². The highest BCUT2D eigenvalue weighted by molar-refractivity contribution is 9.11. The Morgan fingerprint density at radius 2 is 2.12 bits per heavy atom. The second kappa shape index (κ2) is 5.86. The third-order valence-corrected chi connectivity index (χ3v) is 6.11. The van der Waals surface area contributed by atoms with Gasteiger partial charge in [0, 0.05) is 11.5 Å². The molecule has 0 aliphatic carbocycles. The minimum Gasteiger partial charge on any atom is -0.261 e. The third-order valence-electron chi connectivity index (χ3n) is 4.46. The molecular formula is C17H9BrN6OS. The molecule has 0 saturated carbocycles. The van der Waals surface area contributed by atoms with Crippen LogP contribution >= 0.6 is 27.3 Å². The highest BCUT2D eigenvalue weighted by Gasteiger charge is 2.38. The molecule has 0 bridgehead atoms. The van der Waals surface area contributed by atoms with Crippen LogP contribution in [0.15, 0.2) is 49.9 Å². The second-order valence-corrected chi connectivity index (χ2v) is 8.30. The molecule has 9 heteroatoms. The average molecular weight is 425 g/mol. The van der Waals surface area contributed by atoms with Crippen LogP contribution in [0.5, 0.6) is 0 Å². The molecule has 0 amide bonds. The summed E-state index contributed by atoms with van der Waals surface area (Å²) in [5.74, 6) is -0.0832. The van der Waals surface area contributed by atoms with Gasteiger partial charge in [-0.05, 0) is 50.0 Å². The Bertz CT molecular complexity index is 1200. The lowest BCUT2D eigenvalue weighted by molar-refractivity contribution is 0.315. The zero-order valence-corrected chi connectivity index (χ0v) is 15.5. The van der Waals surface area contributed by atoms with Crippen molar-refractivity contribution in [2.24, 2.45) is 10.9 Å². The molecule has 26 heavy (non-hydrogen) atoms. The van der Waals surface area contributed by atoms with Crippen molar-refractivity contribution in [3.63, 3.8) is 0 Å². The van der Waals surface area contributed by atoms with Crippen LogP contribution in [-0.4, -0.2) is 26.2 Å². The van der Waals surface area contributed by atoms with Gasteiger partial charge in [-0.3, -0.25) is 5.10 Å². The number of H-pyrrole nitrogens is 1. The number of hydrogen-bond donors (Lipinski definition) is 1. The van der Waals surface area contributed by atoms with Crippen LogP contribution in [0.3, 0.4) is 0 Å². The molecule has 5 rings (SSSR count). The number of aromatic amines is 1. The van der Waals surface area contributed by atoms with Gasteiger partial charge >= 0.3 is 0 Å². The first-order valence-corrected chi connectivity index (χ1v) is 9.35. The standard InChI is InChI=1S/C17H9BrN6OS/c18-13-5-4-12(26-13)16-9(6-19)14(10-7-20-22-17(10)21-16)8-2-1-3-11-15(8)24-25-23-11/h1-5,7,9,14H,(H,20,22). The minimum absolute atomic E-state index is 0.266. The van der Waals surface area contributed by atoms with E-state index in [1.165, 1.54) is 0 Å². The lowest BCUT2D eigenvalue weighted by atomic mass is 9.77. The summed E-state index contributed by atoms with van der Waals surface area (Å²) in [5, 5.41) is 25.1. The fraction of sp³-hybridized carbons (Fsp3) is 0.118. The van der Waals surface area contributed by atoms with Crippen LogP contribution in [0.1, 0.15) is 21.9 Å². The highest BCUT2D eigenvalue weighted by Crippen LogP contribution is 2.44. The molecule has 1 aliphatic rings. The van der Waals surface area contributed by atoms with Gasteiger partial charge in [-0.2, -0.15) is 10.4 Å². The molecule has 0 fully saturated rings. The van der Waals surface area contributed by atoms with E-state index in [1.807, 2.05) is 30.3 Å². The predicted molar refractivity (Wildman–Crippen MR) is 99.6 cm³/mol. The maximum atomic E-state index is 10.0. The molecule has 126 valence electrons. The van der Waals surface area contributed by atoms with E-state index >= 15 is 0 Å². The zero-order chi connectivity index (χ0) is 17.7. The van der Waals surface area contributed by atoms with Gasteiger partial charge in [0.05, 0.1) is 26.6 Å². The van der Waals surface area contributed by atoms with Crippen molar-refractivity contribution in [1.82, 2.24) is 20.5 Å². The Morgan fingerprint density at radius 1 is 1.19 bits per heavy atom. The molecule has 4 heterocycles. The van der Waals surface area contributed by atoms with E-state index in [4.69, 9.17) is 9.62 Å². The number of hydrogen-bond acceptors (Lipinski definition) is 7. The first-order valence-electron chi connectivity index (χ1n) is 7.74. The number of fused-ring (bicyclic) bond motifs is 2. The van der Waals surface area contributed by atoms with Gasteiger partial charge < -0.3 is 0 Å². The zero-order valence-electron chi connectivity index (χ0n) is 13.0. The van der Waals surface area contributed by atoms with E-state index in [0.29, 0.717) is 16.9 Å². The van der Waals surface area contributed by atoms with Crippen LogP contribution in [0.4, 0.5) is 5.82 Å². The SMILES string of the molecule is N#CC1C(c2ccc(Br)s2)=Nc2[nH]ncc2C1c1cccc2nonc12. The van der Waals surface area contributed by atoms with Gasteiger partial charge in [0.25, 0.3) is 0 Å². The molecular weight excluding hydrogens is 416 g/mol. The van der Waals surface area contributed by atoms with Gasteiger partial charge in [0.15, 0.2) is 5.82 Å². The van der Waals surface area contributed by atoms with E-state index in [0.717, 1.165) is 25.5 Å². The van der Waals surface area contributed by atoms with E-state index in [9.17, 15) is 5.26 Å². The van der Waals surface area contributed by atoms with Gasteiger partial charge in [-0.15, -0.1) is 11.3 Å². The molecule has 1 N–H and O–H groups in total. The van der Waals surface area contributed by atoms with Gasteiger partial charge in [0.2, 0.25) is 0 Å². The number of nitriles is 1. The van der Waals surface area contributed by atoms with Crippen LogP contribution in [0, 0.1) is 17.2 Å². The summed E-state index contributed by atoms with van der Waals surface area (Å²) in [5.41, 5.74) is 3.77. The van der Waals surface area contributed by atoms with Crippen molar-refractivity contribution >= 4 is 49.8 Å². The number of thiophene rings is 1. The van der Waals surface area contributed by atoms with Crippen LogP contribution in [0.25, 0.3) is 11.0 Å². The summed E-state index contributed by atoms with van der Waals surface area (Å²) in [4.78, 5) is 5.63. The Morgan fingerprint density at radius 3 is 2.92 bits per heavy atom. The fourth-order valence-corrected chi connectivity index (χ4v) is 4.77. The molecule has 4 aromatic rings. The summed E-state index contributed by atoms with van der Waals surface area (Å²) in [6, 6.07) is 12.0. The molecule has 2 unspecified atom stereocenters. The summed E-state index contributed by atoms with van der Waals surface area (Å²) < 4.78 is 5.90. The van der Waals surface area contributed by atoms with Crippen molar-refractivity contribution in [2.45, 2.75) is 5.92 Å². The maximum absolute atomic E-state index is 10.0. The lowest BCUT2D eigenvalue weighted by Crippen LogP contribution is -2.25. The Balaban J connectivity index is 1.76. The third kappa shape index (κ3) is 2.23. The van der Waals surface area contributed by atoms with E-state index in [2.05, 4.69) is 42.5 Å². The van der Waals surface area contributed by atoms with Crippen LogP contribution < -0.4 is 0 Å². The Kier molecular flexibility index (Phi) is 3.48. The second-order valence-electron chi connectivity index (χ2n) is 5.84. The average Bonchev–Trinajstić information content (AvgIpc) is 3.39. The number of nitrogens with zero attached hydrogens (tertiary/aromatic N) is 5. The molecule has 7 nitrogen and oxygen atoms in total. The monoisotopic (exact) mass is 424 g/mol. The van der Waals surface area contributed by atoms with E-state index < -0.39 is 5.92 Å². The summed E-state index contributed by atoms with van der Waals surface area (Å²) in [6.45, 7) is 0. The minimum atomic E-state index is -0.479. The summed E-state index contributed by atoms with van der Waals surface area (Å²) in [7, 11) is 0. The molecule has 0 radical (unpaired) electrons. The van der Waals surface area contributed by atoms with E-state index in [1.54, 1.807) is 17.5 Å². The molecule has 2 atom stereocenters. The van der Waals surface area contributed by atoms with E-state index in [-0.39, 0.29) is 5.92 Å². The number of nitrogens with one attached hydrogen (secondary N) is 1. The fourth-order valence-electron chi connectivity index (χ4n) is 3.35. The van der Waals surface area contributed by atoms with Gasteiger partial charge in [-0.25, -0.2) is 9.62 Å². The van der Waals surface area contributed by atoms with Crippen LogP contribution in [-0.2, 0) is 0 Å². The number of aliphatic imine (C=N–C) groups is 1. The molecule has 0 spiro atoms. The topological polar surface area (TPSA) is 104 Å². The van der Waals surface area contributed by atoms with Crippen molar-refractivity contribution in [1.29, 1.82) is 5.26 Å². The highest BCUT2D eigenvalue weighted by atomic mass is 79.9. The normalized spacial score (nSPS) is 19.2. The smallest absolute Gasteiger partial charge is 0.152 e. The van der Waals surface area contributed by atoms with Gasteiger partial charge in [-0.1, -0.05) is 12.1 Å². The molecule has 3 aromatic heterocycles. The largest absolute Gasteiger partial charge is 0.261 e. The first-order chi connectivity index (χ1) is 12.8. The Labute approximate surface area is 159 Å². The number of aromatic nitrogens is 4. The lowest BCUT2D eigenvalue weighted by Gasteiger charge is -2.26. The predicted octanol–water partition coefficient (Wildman–Crippen LogP) is 4.18. The quantitative estimate of drug-likeness (QED) is 0.519. The summed E-state index contributed by atoms with van der Waals surface area (Å²) >= 11 is 5.03. The van der Waals surface area contributed by atoms with Gasteiger partial charge in [0.1, 0.15) is 17.0 Å². The van der Waals surface area contributed by atoms with Crippen molar-refractivity contribution < 1.29 is 4.63 Å². The first kappa shape index (κ1) is 15.4. The number of rotatable bonds is 2. The molecule has 1 aromatic carbocycles. The summed E-state index contributed by atoms with van der Waals surface area (Å²) in [6.07, 6.45) is 1.72. The van der Waals surface area contributed by atoms with Crippen molar-refractivity contribution in [3.05, 3.63) is 56.3 Å². The van der Waals surface area contributed by atoms with Crippen molar-refractivity contribution in [2.75, 3.05) is 0 Å². The Hall–Kier alpha value is -2.83. The number of benzene rings is 1. The van der Waals surface area contributed by atoms with Crippen molar-refractivity contribution in [3.8, 4) is 6.07 Å². The molecule has 1 aliphatic heterocycles. The molecule has 0 saturated heterocycles. The number of halogens is 1. The maximum Gasteiger partial charge on any atom is 0.152 e.